The monoisotopic (exact) mass is 309 g/mol. The zero-order valence-electron chi connectivity index (χ0n) is 13.1. The zero-order chi connectivity index (χ0) is 16.1. The van der Waals surface area contributed by atoms with E-state index in [0.717, 1.165) is 37.4 Å². The molecule has 1 aliphatic rings. The summed E-state index contributed by atoms with van der Waals surface area (Å²) in [5.74, 6) is 1.79. The normalized spacial score (nSPS) is 17.7. The highest BCUT2D eigenvalue weighted by Gasteiger charge is 2.25. The van der Waals surface area contributed by atoms with Crippen LogP contribution in [-0.4, -0.2) is 35.2 Å². The molecular weight excluding hydrogens is 290 g/mol. The smallest absolute Gasteiger partial charge is 0.154 e. The molecule has 0 aromatic carbocycles. The maximum absolute atomic E-state index is 9.28. The molecule has 1 fully saturated rings. The first-order chi connectivity index (χ1) is 11.3. The van der Waals surface area contributed by atoms with Gasteiger partial charge in [-0.15, -0.1) is 0 Å². The molecule has 0 aliphatic carbocycles. The molecule has 1 saturated heterocycles. The third kappa shape index (κ3) is 3.46. The van der Waals surface area contributed by atoms with Gasteiger partial charge in [0.2, 0.25) is 0 Å². The van der Waals surface area contributed by atoms with Crippen molar-refractivity contribution in [3.05, 3.63) is 47.7 Å². The van der Waals surface area contributed by atoms with Gasteiger partial charge in [-0.3, -0.25) is 0 Å². The van der Waals surface area contributed by atoms with Crippen molar-refractivity contribution in [3.8, 4) is 6.07 Å². The molecule has 1 aliphatic heterocycles. The number of piperidine rings is 1. The minimum absolute atomic E-state index is 0.316. The first-order valence-electron chi connectivity index (χ1n) is 7.72. The molecular formula is C17H19N5O. The average molecular weight is 309 g/mol. The lowest BCUT2D eigenvalue weighted by Crippen LogP contribution is -2.35. The summed E-state index contributed by atoms with van der Waals surface area (Å²) in [5.41, 5.74) is 1.65. The molecule has 2 aromatic rings. The van der Waals surface area contributed by atoms with E-state index in [4.69, 9.17) is 4.74 Å². The topological polar surface area (TPSA) is 74.9 Å². The van der Waals surface area contributed by atoms with E-state index in [2.05, 4.69) is 25.9 Å². The van der Waals surface area contributed by atoms with Crippen LogP contribution < -0.4 is 4.90 Å². The van der Waals surface area contributed by atoms with Gasteiger partial charge in [0.05, 0.1) is 5.56 Å². The van der Waals surface area contributed by atoms with Gasteiger partial charge in [-0.1, -0.05) is 0 Å². The first kappa shape index (κ1) is 15.4. The highest BCUT2D eigenvalue weighted by Crippen LogP contribution is 2.29. The van der Waals surface area contributed by atoms with Crippen molar-refractivity contribution < 1.29 is 4.74 Å². The van der Waals surface area contributed by atoms with Crippen LogP contribution in [0.2, 0.25) is 0 Å². The molecule has 23 heavy (non-hydrogen) atoms. The summed E-state index contributed by atoms with van der Waals surface area (Å²) in [5, 5.41) is 9.28. The molecule has 3 heterocycles. The molecule has 6 heteroatoms. The quantitative estimate of drug-likeness (QED) is 0.862. The first-order valence-corrected chi connectivity index (χ1v) is 7.72. The molecule has 0 spiro atoms. The molecule has 3 rings (SSSR count). The number of hydrogen-bond acceptors (Lipinski definition) is 6. The number of methoxy groups -OCH3 is 1. The fourth-order valence-electron chi connectivity index (χ4n) is 2.99. The van der Waals surface area contributed by atoms with Crippen LogP contribution >= 0.6 is 0 Å². The Labute approximate surface area is 135 Å². The number of hydrogen-bond donors (Lipinski definition) is 0. The van der Waals surface area contributed by atoms with Gasteiger partial charge in [0.1, 0.15) is 18.5 Å². The van der Waals surface area contributed by atoms with Crippen molar-refractivity contribution in [1.82, 2.24) is 15.0 Å². The van der Waals surface area contributed by atoms with Crippen LogP contribution in [0.1, 0.15) is 35.8 Å². The highest BCUT2D eigenvalue weighted by atomic mass is 16.5. The molecule has 0 saturated carbocycles. The fraction of sp³-hybridized carbons (Fsp3) is 0.412. The Morgan fingerprint density at radius 3 is 3.09 bits per heavy atom. The van der Waals surface area contributed by atoms with Crippen molar-refractivity contribution >= 4 is 5.82 Å². The van der Waals surface area contributed by atoms with Crippen LogP contribution in [0.4, 0.5) is 5.82 Å². The summed E-state index contributed by atoms with van der Waals surface area (Å²) >= 11 is 0. The summed E-state index contributed by atoms with van der Waals surface area (Å²) in [6, 6.07) is 7.81. The van der Waals surface area contributed by atoms with Gasteiger partial charge in [0.25, 0.3) is 0 Å². The van der Waals surface area contributed by atoms with E-state index in [0.29, 0.717) is 23.9 Å². The van der Waals surface area contributed by atoms with Gasteiger partial charge in [-0.05, 0) is 31.0 Å². The molecule has 0 amide bonds. The van der Waals surface area contributed by atoms with Gasteiger partial charge >= 0.3 is 0 Å². The van der Waals surface area contributed by atoms with E-state index >= 15 is 0 Å². The van der Waals surface area contributed by atoms with Crippen LogP contribution in [0.15, 0.2) is 30.6 Å². The predicted octanol–water partition coefficient (Wildman–Crippen LogP) is 2.27. The summed E-state index contributed by atoms with van der Waals surface area (Å²) in [4.78, 5) is 15.4. The third-order valence-corrected chi connectivity index (χ3v) is 4.05. The second kappa shape index (κ2) is 7.16. The Balaban J connectivity index is 1.81. The lowest BCUT2D eigenvalue weighted by molar-refractivity contribution is 0.177. The second-order valence-corrected chi connectivity index (χ2v) is 5.60. The van der Waals surface area contributed by atoms with Gasteiger partial charge < -0.3 is 9.64 Å². The number of rotatable bonds is 4. The van der Waals surface area contributed by atoms with E-state index in [1.807, 2.05) is 12.1 Å². The Hall–Kier alpha value is -2.52. The number of anilines is 1. The van der Waals surface area contributed by atoms with Crippen molar-refractivity contribution in [3.63, 3.8) is 0 Å². The number of aromatic nitrogens is 3. The Morgan fingerprint density at radius 2 is 2.26 bits per heavy atom. The third-order valence-electron chi connectivity index (χ3n) is 4.05. The molecule has 0 N–H and O–H groups in total. The minimum atomic E-state index is 0.316. The Kier molecular flexibility index (Phi) is 4.79. The lowest BCUT2D eigenvalue weighted by atomic mass is 9.94. The van der Waals surface area contributed by atoms with Crippen LogP contribution in [0.3, 0.4) is 0 Å². The standard InChI is InChI=1S/C17H19N5O/c1-23-12-16-19-8-6-15(21-16)14-5-3-9-22(11-14)17-13(10-18)4-2-7-20-17/h2,4,6-8,14H,3,5,9,11-12H2,1H3. The maximum Gasteiger partial charge on any atom is 0.154 e. The van der Waals surface area contributed by atoms with Gasteiger partial charge in [-0.2, -0.15) is 5.26 Å². The van der Waals surface area contributed by atoms with Crippen LogP contribution in [-0.2, 0) is 11.3 Å². The van der Waals surface area contributed by atoms with Gasteiger partial charge in [0.15, 0.2) is 5.82 Å². The van der Waals surface area contributed by atoms with E-state index < -0.39 is 0 Å². The lowest BCUT2D eigenvalue weighted by Gasteiger charge is -2.33. The number of ether oxygens (including phenoxy) is 1. The maximum atomic E-state index is 9.28. The predicted molar refractivity (Wildman–Crippen MR) is 85.9 cm³/mol. The SMILES string of the molecule is COCc1nccc(C2CCCN(c3ncccc3C#N)C2)n1. The minimum Gasteiger partial charge on any atom is -0.377 e. The molecule has 1 atom stereocenters. The zero-order valence-corrected chi connectivity index (χ0v) is 13.1. The molecule has 1 unspecified atom stereocenters. The fourth-order valence-corrected chi connectivity index (χ4v) is 2.99. The van der Waals surface area contributed by atoms with Gasteiger partial charge in [0, 0.05) is 44.2 Å². The Morgan fingerprint density at radius 1 is 1.35 bits per heavy atom. The molecule has 0 radical (unpaired) electrons. The number of pyridine rings is 1. The van der Waals surface area contributed by atoms with Crippen LogP contribution in [0, 0.1) is 11.3 Å². The summed E-state index contributed by atoms with van der Waals surface area (Å²) in [6.07, 6.45) is 5.66. The average Bonchev–Trinajstić information content (AvgIpc) is 2.62. The highest BCUT2D eigenvalue weighted by molar-refractivity contribution is 5.54. The molecule has 0 bridgehead atoms. The van der Waals surface area contributed by atoms with Gasteiger partial charge in [-0.25, -0.2) is 15.0 Å². The van der Waals surface area contributed by atoms with Crippen molar-refractivity contribution in [2.24, 2.45) is 0 Å². The largest absolute Gasteiger partial charge is 0.377 e. The number of nitrogens with zero attached hydrogens (tertiary/aromatic N) is 5. The summed E-state index contributed by atoms with van der Waals surface area (Å²) in [7, 11) is 1.64. The second-order valence-electron chi connectivity index (χ2n) is 5.60. The summed E-state index contributed by atoms with van der Waals surface area (Å²) in [6.45, 7) is 2.15. The van der Waals surface area contributed by atoms with Crippen molar-refractivity contribution in [1.29, 1.82) is 5.26 Å². The van der Waals surface area contributed by atoms with Crippen LogP contribution in [0.25, 0.3) is 0 Å². The van der Waals surface area contributed by atoms with E-state index in [9.17, 15) is 5.26 Å². The van der Waals surface area contributed by atoms with Crippen molar-refractivity contribution in [2.45, 2.75) is 25.4 Å². The Bertz CT molecular complexity index is 712. The number of nitriles is 1. The summed E-state index contributed by atoms with van der Waals surface area (Å²) < 4.78 is 5.11. The van der Waals surface area contributed by atoms with Crippen molar-refractivity contribution in [2.75, 3.05) is 25.1 Å². The molecule has 6 nitrogen and oxygen atoms in total. The molecule has 118 valence electrons. The molecule has 2 aromatic heterocycles. The van der Waals surface area contributed by atoms with E-state index in [1.54, 1.807) is 25.6 Å². The van der Waals surface area contributed by atoms with E-state index in [1.165, 1.54) is 0 Å². The van der Waals surface area contributed by atoms with Crippen LogP contribution in [0.5, 0.6) is 0 Å². The van der Waals surface area contributed by atoms with E-state index in [-0.39, 0.29) is 0 Å².